The Morgan fingerprint density at radius 2 is 1.52 bits per heavy atom. The Labute approximate surface area is 150 Å². The molecule has 1 rings (SSSR count). The van der Waals surface area contributed by atoms with Crippen LogP contribution in [-0.4, -0.2) is 7.85 Å². The number of allylic oxidation sites excluding steroid dienone is 1. The van der Waals surface area contributed by atoms with E-state index in [1.807, 2.05) is 0 Å². The van der Waals surface area contributed by atoms with Crippen LogP contribution in [0.3, 0.4) is 0 Å². The molecular weight excluding hydrogens is 298 g/mol. The van der Waals surface area contributed by atoms with Gasteiger partial charge in [0.05, 0.1) is 0 Å². The molecule has 0 fully saturated rings. The number of aryl methyl sites for hydroxylation is 1. The molecule has 23 heavy (non-hydrogen) atoms. The monoisotopic (exact) mass is 332 g/mol. The first-order chi connectivity index (χ1) is 11.3. The first-order valence-electron chi connectivity index (χ1n) is 9.73. The van der Waals surface area contributed by atoms with Crippen molar-refractivity contribution in [3.05, 3.63) is 40.4 Å². The van der Waals surface area contributed by atoms with Crippen LogP contribution in [0.25, 0.3) is 6.08 Å². The average Bonchev–Trinajstić information content (AvgIpc) is 2.56. The highest BCUT2D eigenvalue weighted by Gasteiger charge is 2.01. The summed E-state index contributed by atoms with van der Waals surface area (Å²) in [6.07, 6.45) is 20.4. The lowest BCUT2D eigenvalue weighted by Crippen LogP contribution is -1.89. The molecule has 0 unspecified atom stereocenters. The fraction of sp³-hybridized carbons (Fsp3) is 0.619. The van der Waals surface area contributed by atoms with E-state index in [4.69, 9.17) is 11.6 Å². The van der Waals surface area contributed by atoms with Gasteiger partial charge in [0, 0.05) is 5.02 Å². The number of hydrogen-bond acceptors (Lipinski definition) is 0. The highest BCUT2D eigenvalue weighted by molar-refractivity contribution is 6.31. The van der Waals surface area contributed by atoms with Gasteiger partial charge in [0.1, 0.15) is 7.85 Å². The van der Waals surface area contributed by atoms with Gasteiger partial charge in [-0.2, -0.15) is 0 Å². The summed E-state index contributed by atoms with van der Waals surface area (Å²) < 4.78 is 0. The molecule has 0 heterocycles. The fourth-order valence-electron chi connectivity index (χ4n) is 2.93. The van der Waals surface area contributed by atoms with Crippen LogP contribution in [0, 0.1) is 0 Å². The van der Waals surface area contributed by atoms with E-state index in [1.54, 1.807) is 0 Å². The molecule has 0 aromatic heterocycles. The Bertz CT molecular complexity index is 439. The van der Waals surface area contributed by atoms with Crippen molar-refractivity contribution in [3.63, 3.8) is 0 Å². The molecule has 0 aliphatic rings. The van der Waals surface area contributed by atoms with E-state index in [0.29, 0.717) is 0 Å². The topological polar surface area (TPSA) is 0 Å². The molecular formula is C21H34BCl. The summed E-state index contributed by atoms with van der Waals surface area (Å²) in [5.41, 5.74) is 2.52. The molecule has 0 aliphatic carbocycles. The number of rotatable bonds is 13. The van der Waals surface area contributed by atoms with Gasteiger partial charge in [0.15, 0.2) is 0 Å². The first-order valence-corrected chi connectivity index (χ1v) is 10.1. The van der Waals surface area contributed by atoms with Gasteiger partial charge in [-0.1, -0.05) is 100 Å². The van der Waals surface area contributed by atoms with Crippen molar-refractivity contribution < 1.29 is 0 Å². The minimum atomic E-state index is 0.930. The summed E-state index contributed by atoms with van der Waals surface area (Å²) in [6.45, 7) is 2.15. The van der Waals surface area contributed by atoms with Crippen molar-refractivity contribution >= 4 is 25.5 Å². The van der Waals surface area contributed by atoms with Gasteiger partial charge < -0.3 is 0 Å². The van der Waals surface area contributed by atoms with Gasteiger partial charge in [-0.25, -0.2) is 0 Å². The first kappa shape index (κ1) is 20.4. The minimum absolute atomic E-state index is 0.930. The van der Waals surface area contributed by atoms with Gasteiger partial charge in [-0.05, 0) is 36.5 Å². The van der Waals surface area contributed by atoms with Gasteiger partial charge in [-0.3, -0.25) is 0 Å². The summed E-state index contributed by atoms with van der Waals surface area (Å²) in [5, 5.41) is 0.930. The lowest BCUT2D eigenvalue weighted by atomic mass is 9.98. The molecule has 1 aromatic carbocycles. The van der Waals surface area contributed by atoms with Crippen LogP contribution in [0.1, 0.15) is 82.3 Å². The molecule has 0 bridgehead atoms. The second kappa shape index (κ2) is 13.7. The third-order valence-corrected chi connectivity index (χ3v) is 4.77. The molecule has 0 saturated carbocycles. The third-order valence-electron chi connectivity index (χ3n) is 4.42. The summed E-state index contributed by atoms with van der Waals surface area (Å²) in [5.74, 6) is 0. The van der Waals surface area contributed by atoms with E-state index in [9.17, 15) is 0 Å². The van der Waals surface area contributed by atoms with Crippen LogP contribution in [0.4, 0.5) is 0 Å². The third kappa shape index (κ3) is 9.92. The molecule has 0 nitrogen and oxygen atoms in total. The summed E-state index contributed by atoms with van der Waals surface area (Å²) in [6, 6.07) is 6.48. The van der Waals surface area contributed by atoms with Crippen molar-refractivity contribution in [2.24, 2.45) is 0 Å². The molecule has 0 aliphatic heterocycles. The van der Waals surface area contributed by atoms with Crippen molar-refractivity contribution in [1.29, 1.82) is 0 Å². The number of benzene rings is 1. The Balaban J connectivity index is 2.10. The van der Waals surface area contributed by atoms with Gasteiger partial charge in [0.2, 0.25) is 0 Å². The van der Waals surface area contributed by atoms with E-state index in [2.05, 4.69) is 45.1 Å². The Morgan fingerprint density at radius 1 is 0.913 bits per heavy atom. The summed E-state index contributed by atoms with van der Waals surface area (Å²) in [7, 11) is 2.28. The second-order valence-corrected chi connectivity index (χ2v) is 7.00. The van der Waals surface area contributed by atoms with Crippen molar-refractivity contribution in [1.82, 2.24) is 0 Å². The maximum absolute atomic E-state index is 6.40. The normalized spacial score (nSPS) is 11.4. The Kier molecular flexibility index (Phi) is 12.2. The molecule has 0 saturated heterocycles. The largest absolute Gasteiger partial charge is 0.101 e. The molecule has 0 N–H and O–H groups in total. The Hall–Kier alpha value is -0.685. The number of unbranched alkanes of at least 4 members (excludes halogenated alkanes) is 8. The molecule has 0 spiro atoms. The van der Waals surface area contributed by atoms with Crippen LogP contribution in [0.15, 0.2) is 24.3 Å². The SMILES string of the molecule is BCCCCCCCCCCCc1ccc(/C=C/CC)cc1Cl. The van der Waals surface area contributed by atoms with Crippen LogP contribution < -0.4 is 0 Å². The van der Waals surface area contributed by atoms with Crippen LogP contribution >= 0.6 is 11.6 Å². The van der Waals surface area contributed by atoms with Crippen LogP contribution in [0.2, 0.25) is 11.3 Å². The van der Waals surface area contributed by atoms with E-state index in [-0.39, 0.29) is 0 Å². The van der Waals surface area contributed by atoms with Gasteiger partial charge in [-0.15, -0.1) is 0 Å². The van der Waals surface area contributed by atoms with Gasteiger partial charge in [0.25, 0.3) is 0 Å². The Morgan fingerprint density at radius 3 is 2.09 bits per heavy atom. The maximum Gasteiger partial charge on any atom is 0.101 e. The fourth-order valence-corrected chi connectivity index (χ4v) is 3.21. The molecule has 0 amide bonds. The minimum Gasteiger partial charge on any atom is -0.0842 e. The zero-order valence-electron chi connectivity index (χ0n) is 15.2. The van der Waals surface area contributed by atoms with Crippen LogP contribution in [0.5, 0.6) is 0 Å². The zero-order chi connectivity index (χ0) is 16.8. The average molecular weight is 333 g/mol. The summed E-state index contributed by atoms with van der Waals surface area (Å²) >= 11 is 6.40. The van der Waals surface area contributed by atoms with Gasteiger partial charge >= 0.3 is 0 Å². The summed E-state index contributed by atoms with van der Waals surface area (Å²) in [4.78, 5) is 0. The molecule has 128 valence electrons. The van der Waals surface area contributed by atoms with E-state index in [0.717, 1.165) is 17.9 Å². The van der Waals surface area contributed by atoms with E-state index in [1.165, 1.54) is 75.2 Å². The predicted octanol–water partition coefficient (Wildman–Crippen LogP) is 6.87. The smallest absolute Gasteiger partial charge is 0.0842 e. The molecule has 1 aromatic rings. The highest BCUT2D eigenvalue weighted by Crippen LogP contribution is 2.21. The lowest BCUT2D eigenvalue weighted by Gasteiger charge is -2.06. The van der Waals surface area contributed by atoms with E-state index < -0.39 is 0 Å². The standard InChI is InChI=1S/C21H34BCl/c1-2-3-13-19-15-16-20(21(23)18-19)14-11-9-7-5-4-6-8-10-12-17-22/h3,13,15-16,18H,2,4-12,14,17,22H2,1H3/b13-3+. The molecule has 0 radical (unpaired) electrons. The van der Waals surface area contributed by atoms with E-state index >= 15 is 0 Å². The van der Waals surface area contributed by atoms with Crippen LogP contribution in [-0.2, 0) is 6.42 Å². The molecule has 0 atom stereocenters. The molecule has 2 heteroatoms. The number of halogens is 1. The van der Waals surface area contributed by atoms with Crippen molar-refractivity contribution in [3.8, 4) is 0 Å². The highest BCUT2D eigenvalue weighted by atomic mass is 35.5. The predicted molar refractivity (Wildman–Crippen MR) is 109 cm³/mol. The maximum atomic E-state index is 6.40. The second-order valence-electron chi connectivity index (χ2n) is 6.59. The van der Waals surface area contributed by atoms with Crippen molar-refractivity contribution in [2.45, 2.75) is 83.9 Å². The lowest BCUT2D eigenvalue weighted by molar-refractivity contribution is 0.565. The quantitative estimate of drug-likeness (QED) is 0.273. The zero-order valence-corrected chi connectivity index (χ0v) is 16.0. The number of hydrogen-bond donors (Lipinski definition) is 0. The van der Waals surface area contributed by atoms with Crippen molar-refractivity contribution in [2.75, 3.05) is 0 Å².